The second kappa shape index (κ2) is 11.5. The van der Waals surface area contributed by atoms with Gasteiger partial charge in [0.1, 0.15) is 5.82 Å². The number of aliphatic hydroxyl groups excluding tert-OH is 1. The lowest BCUT2D eigenvalue weighted by atomic mass is 9.89. The van der Waals surface area contributed by atoms with Gasteiger partial charge < -0.3 is 19.9 Å². The Bertz CT molecular complexity index is 742. The second-order valence-electron chi connectivity index (χ2n) is 9.70. The summed E-state index contributed by atoms with van der Waals surface area (Å²) in [6, 6.07) is 6.67. The third-order valence-electron chi connectivity index (χ3n) is 7.09. The van der Waals surface area contributed by atoms with E-state index >= 15 is 0 Å². The summed E-state index contributed by atoms with van der Waals surface area (Å²) in [5.74, 6) is 0.429. The summed E-state index contributed by atoms with van der Waals surface area (Å²) in [7, 11) is 0. The van der Waals surface area contributed by atoms with Crippen LogP contribution >= 0.6 is 0 Å². The number of hydrogen-bond acceptors (Lipinski definition) is 5. The highest BCUT2D eigenvalue weighted by atomic mass is 19.1. The van der Waals surface area contributed by atoms with E-state index in [1.807, 2.05) is 6.07 Å². The molecule has 3 aliphatic rings. The van der Waals surface area contributed by atoms with Crippen LogP contribution in [0.4, 0.5) is 4.39 Å². The highest BCUT2D eigenvalue weighted by Crippen LogP contribution is 2.29. The van der Waals surface area contributed by atoms with Gasteiger partial charge >= 0.3 is 0 Å². The van der Waals surface area contributed by atoms with Crippen LogP contribution in [0.2, 0.25) is 0 Å². The molecule has 1 aromatic rings. The number of nitrogens with zero attached hydrogens (tertiary/aromatic N) is 1. The molecule has 32 heavy (non-hydrogen) atoms. The molecule has 2 heterocycles. The van der Waals surface area contributed by atoms with Gasteiger partial charge in [0, 0.05) is 25.7 Å². The Hall–Kier alpha value is -1.54. The fourth-order valence-corrected chi connectivity index (χ4v) is 5.43. The minimum atomic E-state index is -0.590. The normalized spacial score (nSPS) is 30.2. The molecule has 2 aliphatic heterocycles. The molecule has 1 aliphatic carbocycles. The van der Waals surface area contributed by atoms with Gasteiger partial charge in [-0.15, -0.1) is 0 Å². The topological polar surface area (TPSA) is 71.0 Å². The summed E-state index contributed by atoms with van der Waals surface area (Å²) >= 11 is 0. The zero-order valence-electron chi connectivity index (χ0n) is 18.9. The smallest absolute Gasteiger partial charge is 0.222 e. The Morgan fingerprint density at radius 1 is 1.16 bits per heavy atom. The van der Waals surface area contributed by atoms with Crippen molar-refractivity contribution in [3.05, 3.63) is 35.6 Å². The third-order valence-corrected chi connectivity index (χ3v) is 7.09. The van der Waals surface area contributed by atoms with Crippen molar-refractivity contribution in [2.45, 2.75) is 82.3 Å². The molecule has 4 atom stereocenters. The molecule has 4 rings (SSSR count). The van der Waals surface area contributed by atoms with E-state index in [0.717, 1.165) is 24.9 Å². The zero-order valence-corrected chi connectivity index (χ0v) is 18.9. The number of halogens is 1. The number of hydrogen-bond donors (Lipinski definition) is 2. The van der Waals surface area contributed by atoms with Gasteiger partial charge in [0.25, 0.3) is 0 Å². The first-order valence-corrected chi connectivity index (χ1v) is 12.2. The molecule has 2 saturated heterocycles. The molecule has 6 nitrogen and oxygen atoms in total. The molecule has 1 aromatic carbocycles. The highest BCUT2D eigenvalue weighted by Gasteiger charge is 2.38. The predicted octanol–water partition coefficient (Wildman–Crippen LogP) is 3.02. The number of fused-ring (bicyclic) bond motifs is 1. The van der Waals surface area contributed by atoms with Crippen molar-refractivity contribution in [1.82, 2.24) is 10.2 Å². The average Bonchev–Trinajstić information content (AvgIpc) is 2.77. The SMILES string of the molecule is O=C(C[C@H]1CC[C@H]2[C@@H](COC[C@H](O)CN2Cc2cccc(F)c2)O1)NCC1CCCCC1. The van der Waals surface area contributed by atoms with Gasteiger partial charge in [0.2, 0.25) is 5.91 Å². The van der Waals surface area contributed by atoms with Crippen LogP contribution < -0.4 is 5.32 Å². The van der Waals surface area contributed by atoms with E-state index in [1.165, 1.54) is 38.2 Å². The standard InChI is InChI=1S/C25H37FN2O4/c26-20-8-4-7-19(11-20)14-28-15-21(29)16-31-17-24-23(28)10-9-22(32-24)12-25(30)27-13-18-5-2-1-3-6-18/h4,7-8,11,18,21-24,29H,1-3,5-6,9-10,12-17H2,(H,27,30)/t21-,22-,23+,24-/m1/s1. The lowest BCUT2D eigenvalue weighted by Gasteiger charge is -2.44. The largest absolute Gasteiger partial charge is 0.389 e. The number of carbonyl (C=O) groups is 1. The molecule has 0 spiro atoms. The number of nitrogens with one attached hydrogen (secondary N) is 1. The second-order valence-corrected chi connectivity index (χ2v) is 9.70. The van der Waals surface area contributed by atoms with Crippen LogP contribution in [0.1, 0.15) is 56.9 Å². The Kier molecular flexibility index (Phi) is 8.52. The number of ether oxygens (including phenoxy) is 2. The van der Waals surface area contributed by atoms with Gasteiger partial charge in [-0.05, 0) is 49.3 Å². The lowest BCUT2D eigenvalue weighted by Crippen LogP contribution is -2.55. The molecule has 0 aromatic heterocycles. The van der Waals surface area contributed by atoms with E-state index in [0.29, 0.717) is 32.0 Å². The first kappa shape index (κ1) is 23.6. The summed E-state index contributed by atoms with van der Waals surface area (Å²) < 4.78 is 25.7. The molecule has 0 radical (unpaired) electrons. The van der Waals surface area contributed by atoms with Crippen molar-refractivity contribution in [3.63, 3.8) is 0 Å². The van der Waals surface area contributed by atoms with Crippen LogP contribution in [-0.4, -0.2) is 66.6 Å². The maximum atomic E-state index is 13.7. The van der Waals surface area contributed by atoms with E-state index < -0.39 is 6.10 Å². The average molecular weight is 449 g/mol. The van der Waals surface area contributed by atoms with E-state index in [-0.39, 0.29) is 36.6 Å². The number of benzene rings is 1. The molecule has 2 N–H and O–H groups in total. The Morgan fingerprint density at radius 2 is 2.00 bits per heavy atom. The number of rotatable bonds is 6. The molecule has 1 saturated carbocycles. The van der Waals surface area contributed by atoms with Crippen LogP contribution in [0, 0.1) is 11.7 Å². The van der Waals surface area contributed by atoms with Crippen LogP contribution in [0.5, 0.6) is 0 Å². The predicted molar refractivity (Wildman–Crippen MR) is 120 cm³/mol. The monoisotopic (exact) mass is 448 g/mol. The summed E-state index contributed by atoms with van der Waals surface area (Å²) in [4.78, 5) is 14.7. The number of carbonyl (C=O) groups excluding carboxylic acids is 1. The molecular formula is C25H37FN2O4. The molecular weight excluding hydrogens is 411 g/mol. The molecule has 1 amide bonds. The Morgan fingerprint density at radius 3 is 2.81 bits per heavy atom. The zero-order chi connectivity index (χ0) is 22.3. The maximum Gasteiger partial charge on any atom is 0.222 e. The van der Waals surface area contributed by atoms with Crippen molar-refractivity contribution in [2.24, 2.45) is 5.92 Å². The van der Waals surface area contributed by atoms with E-state index in [2.05, 4.69) is 10.2 Å². The van der Waals surface area contributed by atoms with Crippen molar-refractivity contribution >= 4 is 5.91 Å². The molecule has 7 heteroatoms. The number of amides is 1. The van der Waals surface area contributed by atoms with Gasteiger partial charge in [-0.3, -0.25) is 9.69 Å². The molecule has 0 bridgehead atoms. The maximum absolute atomic E-state index is 13.7. The Balaban J connectivity index is 1.32. The van der Waals surface area contributed by atoms with Crippen molar-refractivity contribution in [2.75, 3.05) is 26.3 Å². The van der Waals surface area contributed by atoms with Crippen LogP contribution in [-0.2, 0) is 20.8 Å². The minimum Gasteiger partial charge on any atom is -0.389 e. The van der Waals surface area contributed by atoms with Crippen LogP contribution in [0.3, 0.4) is 0 Å². The van der Waals surface area contributed by atoms with E-state index in [9.17, 15) is 14.3 Å². The summed E-state index contributed by atoms with van der Waals surface area (Å²) in [6.07, 6.45) is 7.44. The van der Waals surface area contributed by atoms with Crippen molar-refractivity contribution < 1.29 is 23.8 Å². The Labute approximate surface area is 190 Å². The lowest BCUT2D eigenvalue weighted by molar-refractivity contribution is -0.158. The van der Waals surface area contributed by atoms with Gasteiger partial charge in [-0.25, -0.2) is 4.39 Å². The quantitative estimate of drug-likeness (QED) is 0.700. The summed E-state index contributed by atoms with van der Waals surface area (Å²) in [5, 5.41) is 13.4. The molecule has 3 fully saturated rings. The molecule has 178 valence electrons. The van der Waals surface area contributed by atoms with E-state index in [4.69, 9.17) is 9.47 Å². The fourth-order valence-electron chi connectivity index (χ4n) is 5.43. The summed E-state index contributed by atoms with van der Waals surface area (Å²) in [5.41, 5.74) is 0.877. The first-order chi connectivity index (χ1) is 15.6. The highest BCUT2D eigenvalue weighted by molar-refractivity contribution is 5.76. The summed E-state index contributed by atoms with van der Waals surface area (Å²) in [6.45, 7) is 2.42. The van der Waals surface area contributed by atoms with Gasteiger partial charge in [0.15, 0.2) is 0 Å². The van der Waals surface area contributed by atoms with Crippen LogP contribution in [0.15, 0.2) is 24.3 Å². The van der Waals surface area contributed by atoms with Crippen LogP contribution in [0.25, 0.3) is 0 Å². The number of aliphatic hydroxyl groups is 1. The van der Waals surface area contributed by atoms with Gasteiger partial charge in [-0.1, -0.05) is 31.4 Å². The molecule has 0 unspecified atom stereocenters. The fraction of sp³-hybridized carbons (Fsp3) is 0.720. The van der Waals surface area contributed by atoms with Crippen molar-refractivity contribution in [1.29, 1.82) is 0 Å². The third kappa shape index (κ3) is 6.73. The van der Waals surface area contributed by atoms with Crippen molar-refractivity contribution in [3.8, 4) is 0 Å². The van der Waals surface area contributed by atoms with E-state index in [1.54, 1.807) is 12.1 Å². The first-order valence-electron chi connectivity index (χ1n) is 12.2. The number of β-amino-alcohol motifs (C(OH)–C–C–N with tert-alkyl or cyclic N) is 1. The van der Waals surface area contributed by atoms with Gasteiger partial charge in [-0.2, -0.15) is 0 Å². The van der Waals surface area contributed by atoms with Gasteiger partial charge in [0.05, 0.1) is 37.9 Å². The minimum absolute atomic E-state index is 0.0646.